The molecule has 1 aromatic rings. The zero-order chi connectivity index (χ0) is 16.2. The number of likely N-dealkylation sites (tertiary alicyclic amines) is 1. The Bertz CT molecular complexity index is 630. The molecule has 3 aliphatic rings. The number of nitrogens with zero attached hydrogens (tertiary/aromatic N) is 1. The first-order valence-corrected chi connectivity index (χ1v) is 8.48. The molecular weight excluding hydrogens is 293 g/mol. The highest BCUT2D eigenvalue weighted by Crippen LogP contribution is 2.65. The number of benzene rings is 1. The number of carbonyl (C=O) groups is 1. The molecule has 0 bridgehead atoms. The molecule has 2 N–H and O–H groups in total. The molecule has 0 aromatic heterocycles. The third-order valence-corrected chi connectivity index (χ3v) is 6.11. The van der Waals surface area contributed by atoms with Crippen molar-refractivity contribution in [2.75, 3.05) is 19.6 Å². The Morgan fingerprint density at radius 3 is 2.65 bits per heavy atom. The van der Waals surface area contributed by atoms with Crippen molar-refractivity contribution in [1.82, 2.24) is 15.8 Å². The first kappa shape index (κ1) is 15.1. The number of amides is 1. The van der Waals surface area contributed by atoms with E-state index in [9.17, 15) is 9.18 Å². The zero-order valence-electron chi connectivity index (χ0n) is 13.7. The molecule has 1 aliphatic carbocycles. The van der Waals surface area contributed by atoms with Crippen LogP contribution in [-0.2, 0) is 10.2 Å². The lowest BCUT2D eigenvalue weighted by Gasteiger charge is -2.37. The van der Waals surface area contributed by atoms with E-state index in [1.807, 2.05) is 4.90 Å². The molecule has 0 spiro atoms. The number of fused-ring (bicyclic) bond motifs is 1. The minimum atomic E-state index is -0.479. The lowest BCUT2D eigenvalue weighted by molar-refractivity contribution is -0.136. The summed E-state index contributed by atoms with van der Waals surface area (Å²) in [5.41, 5.74) is 6.91. The van der Waals surface area contributed by atoms with E-state index in [-0.39, 0.29) is 17.1 Å². The average molecular weight is 317 g/mol. The van der Waals surface area contributed by atoms with Gasteiger partial charge in [-0.05, 0) is 36.0 Å². The Hall–Kier alpha value is -1.46. The lowest BCUT2D eigenvalue weighted by Crippen LogP contribution is -2.51. The average Bonchev–Trinajstić information content (AvgIpc) is 2.91. The fourth-order valence-corrected chi connectivity index (χ4v) is 4.54. The molecule has 2 saturated heterocycles. The largest absolute Gasteiger partial charge is 0.341 e. The molecule has 5 heteroatoms. The highest BCUT2D eigenvalue weighted by Gasteiger charge is 2.68. The highest BCUT2D eigenvalue weighted by molar-refractivity contribution is 5.93. The van der Waals surface area contributed by atoms with Crippen molar-refractivity contribution in [1.29, 1.82) is 0 Å². The molecule has 4 rings (SSSR count). The van der Waals surface area contributed by atoms with Gasteiger partial charge in [-0.25, -0.2) is 4.39 Å². The minimum absolute atomic E-state index is 0.0645. The van der Waals surface area contributed by atoms with Gasteiger partial charge in [-0.2, -0.15) is 0 Å². The topological polar surface area (TPSA) is 44.4 Å². The smallest absolute Gasteiger partial charge is 0.233 e. The molecule has 23 heavy (non-hydrogen) atoms. The molecule has 1 aromatic carbocycles. The molecule has 3 fully saturated rings. The number of hydrogen-bond acceptors (Lipinski definition) is 3. The number of hydrogen-bond donors (Lipinski definition) is 2. The Morgan fingerprint density at radius 2 is 2.00 bits per heavy atom. The highest BCUT2D eigenvalue weighted by atomic mass is 19.1. The Balaban J connectivity index is 1.61. The summed E-state index contributed by atoms with van der Waals surface area (Å²) in [7, 11) is 0. The SMILES string of the molecule is CC1(C)CC1(C(=O)N1CCC2NNCC2C1)c1ccc(F)cc1. The Morgan fingerprint density at radius 1 is 1.30 bits per heavy atom. The third-order valence-electron chi connectivity index (χ3n) is 6.11. The molecular formula is C18H24FN3O. The molecule has 3 unspecified atom stereocenters. The summed E-state index contributed by atoms with van der Waals surface area (Å²) in [6.45, 7) is 6.80. The van der Waals surface area contributed by atoms with Crippen LogP contribution >= 0.6 is 0 Å². The van der Waals surface area contributed by atoms with Crippen LogP contribution < -0.4 is 10.9 Å². The van der Waals surface area contributed by atoms with Crippen LogP contribution in [0.4, 0.5) is 4.39 Å². The molecule has 4 nitrogen and oxygen atoms in total. The lowest BCUT2D eigenvalue weighted by atomic mass is 9.85. The van der Waals surface area contributed by atoms with Gasteiger partial charge in [-0.15, -0.1) is 0 Å². The van der Waals surface area contributed by atoms with Crippen LogP contribution in [0.5, 0.6) is 0 Å². The van der Waals surface area contributed by atoms with E-state index in [0.717, 1.165) is 38.0 Å². The fourth-order valence-electron chi connectivity index (χ4n) is 4.54. The van der Waals surface area contributed by atoms with Gasteiger partial charge in [-0.1, -0.05) is 26.0 Å². The van der Waals surface area contributed by atoms with Crippen LogP contribution in [0.2, 0.25) is 0 Å². The van der Waals surface area contributed by atoms with Crippen molar-refractivity contribution in [3.8, 4) is 0 Å². The molecule has 2 aliphatic heterocycles. The monoisotopic (exact) mass is 317 g/mol. The summed E-state index contributed by atoms with van der Waals surface area (Å²) in [5.74, 6) is 0.456. The Labute approximate surface area is 136 Å². The maximum Gasteiger partial charge on any atom is 0.233 e. The second kappa shape index (κ2) is 5.02. The maximum absolute atomic E-state index is 13.4. The second-order valence-electron chi connectivity index (χ2n) is 7.90. The van der Waals surface area contributed by atoms with Crippen molar-refractivity contribution in [2.24, 2.45) is 11.3 Å². The summed E-state index contributed by atoms with van der Waals surface area (Å²) in [4.78, 5) is 15.4. The number of piperidine rings is 1. The van der Waals surface area contributed by atoms with Crippen LogP contribution in [-0.4, -0.2) is 36.5 Å². The first-order valence-electron chi connectivity index (χ1n) is 8.48. The predicted molar refractivity (Wildman–Crippen MR) is 86.1 cm³/mol. The Kier molecular flexibility index (Phi) is 3.29. The van der Waals surface area contributed by atoms with Crippen LogP contribution in [0.15, 0.2) is 24.3 Å². The summed E-state index contributed by atoms with van der Waals surface area (Å²) < 4.78 is 13.3. The van der Waals surface area contributed by atoms with Gasteiger partial charge in [0.25, 0.3) is 0 Å². The molecule has 124 valence electrons. The van der Waals surface area contributed by atoms with E-state index in [1.54, 1.807) is 12.1 Å². The molecule has 3 atom stereocenters. The zero-order valence-corrected chi connectivity index (χ0v) is 13.7. The summed E-state index contributed by atoms with van der Waals surface area (Å²) >= 11 is 0. The second-order valence-corrected chi connectivity index (χ2v) is 7.90. The van der Waals surface area contributed by atoms with E-state index in [0.29, 0.717) is 12.0 Å². The van der Waals surface area contributed by atoms with Gasteiger partial charge in [0, 0.05) is 31.6 Å². The normalized spacial score (nSPS) is 35.0. The number of carbonyl (C=O) groups excluding carboxylic acids is 1. The number of nitrogens with one attached hydrogen (secondary N) is 2. The van der Waals surface area contributed by atoms with E-state index >= 15 is 0 Å². The summed E-state index contributed by atoms with van der Waals surface area (Å²) in [6.07, 6.45) is 1.83. The summed E-state index contributed by atoms with van der Waals surface area (Å²) in [6, 6.07) is 6.99. The van der Waals surface area contributed by atoms with Crippen molar-refractivity contribution >= 4 is 5.91 Å². The first-order chi connectivity index (χ1) is 10.9. The maximum atomic E-state index is 13.4. The van der Waals surface area contributed by atoms with Crippen LogP contribution in [0.3, 0.4) is 0 Å². The summed E-state index contributed by atoms with van der Waals surface area (Å²) in [5, 5.41) is 0. The number of hydrazine groups is 1. The van der Waals surface area contributed by atoms with E-state index in [4.69, 9.17) is 0 Å². The molecule has 1 amide bonds. The van der Waals surface area contributed by atoms with Gasteiger partial charge in [0.05, 0.1) is 5.41 Å². The van der Waals surface area contributed by atoms with Gasteiger partial charge in [0.1, 0.15) is 5.82 Å². The fraction of sp³-hybridized carbons (Fsp3) is 0.611. The third kappa shape index (κ3) is 2.21. The number of halogens is 1. The van der Waals surface area contributed by atoms with Crippen molar-refractivity contribution in [3.05, 3.63) is 35.6 Å². The van der Waals surface area contributed by atoms with Crippen LogP contribution in [0.1, 0.15) is 32.3 Å². The van der Waals surface area contributed by atoms with Gasteiger partial charge in [0.2, 0.25) is 5.91 Å². The van der Waals surface area contributed by atoms with Crippen molar-refractivity contribution < 1.29 is 9.18 Å². The minimum Gasteiger partial charge on any atom is -0.341 e. The van der Waals surface area contributed by atoms with Crippen LogP contribution in [0, 0.1) is 17.2 Å². The van der Waals surface area contributed by atoms with Gasteiger partial charge < -0.3 is 4.90 Å². The van der Waals surface area contributed by atoms with Crippen LogP contribution in [0.25, 0.3) is 0 Å². The number of rotatable bonds is 2. The standard InChI is InChI=1S/C18H24FN3O/c1-17(2)11-18(17,13-3-5-14(19)6-4-13)16(23)22-8-7-15-12(10-22)9-20-21-15/h3-6,12,15,20-21H,7-11H2,1-2H3. The van der Waals surface area contributed by atoms with Gasteiger partial charge in [-0.3, -0.25) is 15.6 Å². The quantitative estimate of drug-likeness (QED) is 0.874. The molecule has 0 radical (unpaired) electrons. The van der Waals surface area contributed by atoms with Crippen molar-refractivity contribution in [2.45, 2.75) is 38.1 Å². The van der Waals surface area contributed by atoms with E-state index in [1.165, 1.54) is 12.1 Å². The molecule has 1 saturated carbocycles. The van der Waals surface area contributed by atoms with Gasteiger partial charge >= 0.3 is 0 Å². The van der Waals surface area contributed by atoms with Gasteiger partial charge in [0.15, 0.2) is 0 Å². The van der Waals surface area contributed by atoms with Crippen molar-refractivity contribution in [3.63, 3.8) is 0 Å². The predicted octanol–water partition coefficient (Wildman–Crippen LogP) is 1.82. The van der Waals surface area contributed by atoms with E-state index in [2.05, 4.69) is 24.7 Å². The molecule has 2 heterocycles. The van der Waals surface area contributed by atoms with E-state index < -0.39 is 5.41 Å².